The predicted molar refractivity (Wildman–Crippen MR) is 172 cm³/mol. The summed E-state index contributed by atoms with van der Waals surface area (Å²) in [6.07, 6.45) is 5.68. The molecule has 5 aromatic rings. The van der Waals surface area contributed by atoms with Crippen LogP contribution in [0.15, 0.2) is 73.4 Å². The Balaban J connectivity index is 1.34. The van der Waals surface area contributed by atoms with Gasteiger partial charge in [0.15, 0.2) is 0 Å². The quantitative estimate of drug-likeness (QED) is 0.0758. The van der Waals surface area contributed by atoms with E-state index in [1.807, 2.05) is 48.5 Å². The van der Waals surface area contributed by atoms with Crippen molar-refractivity contribution in [3.8, 4) is 0 Å². The normalized spacial score (nSPS) is 13.8. The summed E-state index contributed by atoms with van der Waals surface area (Å²) in [6, 6.07) is 9.62. The third kappa shape index (κ3) is 8.01. The van der Waals surface area contributed by atoms with Crippen LogP contribution in [0.2, 0.25) is 0 Å². The smallest absolute Gasteiger partial charge is 0.326 e. The average molecular weight is 642 g/mol. The summed E-state index contributed by atoms with van der Waals surface area (Å²) in [5.74, 6) is -4.56. The minimum absolute atomic E-state index is 0.0463. The van der Waals surface area contributed by atoms with Crippen molar-refractivity contribution in [2.75, 3.05) is 0 Å². The molecule has 0 spiro atoms. The van der Waals surface area contributed by atoms with Crippen LogP contribution in [-0.2, 0) is 43.2 Å². The van der Waals surface area contributed by atoms with Crippen LogP contribution in [0.25, 0.3) is 21.8 Å². The summed E-state index contributed by atoms with van der Waals surface area (Å²) in [4.78, 5) is 77.3. The summed E-state index contributed by atoms with van der Waals surface area (Å²) in [6.45, 7) is 0. The number of carboxylic acid groups (broad SMARTS) is 1. The maximum Gasteiger partial charge on any atom is 0.326 e. The maximum absolute atomic E-state index is 13.6. The highest BCUT2D eigenvalue weighted by Gasteiger charge is 2.32. The van der Waals surface area contributed by atoms with Gasteiger partial charge in [-0.05, 0) is 29.7 Å². The minimum Gasteiger partial charge on any atom is -0.480 e. The Morgan fingerprint density at radius 1 is 0.723 bits per heavy atom. The number of hydrogen-bond donors (Lipinski definition) is 9. The second kappa shape index (κ2) is 14.4. The number of nitrogens with one attached hydrogen (secondary N) is 6. The number of carboxylic acids is 1. The number of para-hydroxylation sites is 2. The van der Waals surface area contributed by atoms with E-state index in [1.54, 1.807) is 12.4 Å². The molecule has 0 bridgehead atoms. The summed E-state index contributed by atoms with van der Waals surface area (Å²) in [5.41, 5.74) is 15.2. The molecule has 11 N–H and O–H groups in total. The zero-order valence-corrected chi connectivity index (χ0v) is 25.2. The molecule has 0 radical (unpaired) electrons. The van der Waals surface area contributed by atoms with Crippen LogP contribution in [0.4, 0.5) is 0 Å². The molecule has 15 nitrogen and oxygen atoms in total. The van der Waals surface area contributed by atoms with E-state index in [1.165, 1.54) is 12.5 Å². The molecule has 4 unspecified atom stereocenters. The highest BCUT2D eigenvalue weighted by molar-refractivity contribution is 5.97. The van der Waals surface area contributed by atoms with Crippen LogP contribution in [0, 0.1) is 0 Å². The van der Waals surface area contributed by atoms with E-state index in [2.05, 4.69) is 35.9 Å². The number of aliphatic carboxylic acids is 1. The molecule has 0 aliphatic carbocycles. The number of rotatable bonds is 15. The number of hydrogen-bond acceptors (Lipinski definition) is 7. The molecule has 3 heterocycles. The summed E-state index contributed by atoms with van der Waals surface area (Å²) in [7, 11) is 0. The molecule has 2 aromatic carbocycles. The Labute approximate surface area is 267 Å². The fourth-order valence-corrected chi connectivity index (χ4v) is 5.41. The van der Waals surface area contributed by atoms with Gasteiger partial charge in [-0.25, -0.2) is 9.78 Å². The molecule has 0 saturated carbocycles. The van der Waals surface area contributed by atoms with E-state index in [9.17, 15) is 29.1 Å². The van der Waals surface area contributed by atoms with Crippen molar-refractivity contribution in [1.29, 1.82) is 0 Å². The number of aromatic amines is 3. The fourth-order valence-electron chi connectivity index (χ4n) is 5.41. The average Bonchev–Trinajstić information content (AvgIpc) is 3.81. The highest BCUT2D eigenvalue weighted by Crippen LogP contribution is 2.20. The number of nitrogens with two attached hydrogens (primary N) is 2. The fraction of sp³-hybridized carbons (Fsp3) is 0.250. The van der Waals surface area contributed by atoms with Gasteiger partial charge in [-0.1, -0.05) is 36.4 Å². The summed E-state index contributed by atoms with van der Waals surface area (Å²) in [5, 5.41) is 19.1. The van der Waals surface area contributed by atoms with Crippen molar-refractivity contribution in [2.24, 2.45) is 11.5 Å². The van der Waals surface area contributed by atoms with Crippen LogP contribution >= 0.6 is 0 Å². The van der Waals surface area contributed by atoms with E-state index < -0.39 is 60.2 Å². The lowest BCUT2D eigenvalue weighted by atomic mass is 10.0. The Hall–Kier alpha value is -5.96. The molecule has 5 rings (SSSR count). The number of carbonyl (C=O) groups is 5. The van der Waals surface area contributed by atoms with Crippen LogP contribution in [0.1, 0.15) is 23.2 Å². The molecular weight excluding hydrogens is 606 g/mol. The Morgan fingerprint density at radius 3 is 1.85 bits per heavy atom. The maximum atomic E-state index is 13.6. The number of benzene rings is 2. The van der Waals surface area contributed by atoms with E-state index in [0.29, 0.717) is 11.3 Å². The number of fused-ring (bicyclic) bond motifs is 2. The largest absolute Gasteiger partial charge is 0.480 e. The molecule has 47 heavy (non-hydrogen) atoms. The first-order valence-electron chi connectivity index (χ1n) is 14.8. The van der Waals surface area contributed by atoms with Gasteiger partial charge in [0, 0.05) is 58.9 Å². The van der Waals surface area contributed by atoms with Crippen LogP contribution in [0.5, 0.6) is 0 Å². The molecule has 0 aliphatic heterocycles. The number of nitrogens with zero attached hydrogens (tertiary/aromatic N) is 1. The molecule has 4 atom stereocenters. The zero-order chi connectivity index (χ0) is 33.5. The monoisotopic (exact) mass is 641 g/mol. The number of primary amides is 1. The lowest BCUT2D eigenvalue weighted by Crippen LogP contribution is -2.58. The van der Waals surface area contributed by atoms with Crippen molar-refractivity contribution in [3.63, 3.8) is 0 Å². The number of H-pyrrole nitrogens is 3. The lowest BCUT2D eigenvalue weighted by molar-refractivity contribution is -0.142. The predicted octanol–water partition coefficient (Wildman–Crippen LogP) is 0.142. The number of aromatic nitrogens is 4. The summed E-state index contributed by atoms with van der Waals surface area (Å²) < 4.78 is 0. The van der Waals surface area contributed by atoms with Gasteiger partial charge in [-0.3, -0.25) is 19.2 Å². The molecule has 244 valence electrons. The van der Waals surface area contributed by atoms with Gasteiger partial charge in [0.05, 0.1) is 18.8 Å². The van der Waals surface area contributed by atoms with Gasteiger partial charge in [-0.2, -0.15) is 0 Å². The number of amides is 4. The van der Waals surface area contributed by atoms with Gasteiger partial charge < -0.3 is 47.5 Å². The lowest BCUT2D eigenvalue weighted by Gasteiger charge is -2.25. The first-order chi connectivity index (χ1) is 22.6. The third-order valence-corrected chi connectivity index (χ3v) is 7.82. The first-order valence-corrected chi connectivity index (χ1v) is 14.8. The topological polar surface area (TPSA) is 254 Å². The SMILES string of the molecule is NC(=O)CC(NC(=O)C(N)Cc1c[nH]c2ccccc12)C(=O)NC(Cc1c[nH]c2ccccc12)C(=O)NC(Cc1cnc[nH]1)C(=O)O. The van der Waals surface area contributed by atoms with Crippen molar-refractivity contribution in [2.45, 2.75) is 49.9 Å². The molecule has 0 fully saturated rings. The molecule has 0 aliphatic rings. The van der Waals surface area contributed by atoms with Gasteiger partial charge in [-0.15, -0.1) is 0 Å². The Morgan fingerprint density at radius 2 is 1.28 bits per heavy atom. The van der Waals surface area contributed by atoms with Crippen molar-refractivity contribution >= 4 is 51.4 Å². The van der Waals surface area contributed by atoms with E-state index >= 15 is 0 Å². The minimum atomic E-state index is -1.47. The molecule has 3 aromatic heterocycles. The standard InChI is InChI=1S/C32H35N9O6/c33-22(9-17-13-36-23-7-3-1-5-20(17)23)29(43)39-26(12-28(34)42)31(45)40-25(10-18-14-37-24-8-4-2-6-21(18)24)30(44)41-27(32(46)47)11-19-15-35-16-38-19/h1-8,13-16,22,25-27,36-37H,9-12,33H2,(H2,34,42)(H,35,38)(H,39,43)(H,40,45)(H,41,44)(H,46,47). The number of imidazole rings is 1. The van der Waals surface area contributed by atoms with E-state index in [0.717, 1.165) is 27.4 Å². The van der Waals surface area contributed by atoms with Crippen molar-refractivity contribution < 1.29 is 29.1 Å². The molecule has 0 saturated heterocycles. The van der Waals surface area contributed by atoms with E-state index in [4.69, 9.17) is 11.5 Å². The van der Waals surface area contributed by atoms with Crippen LogP contribution in [0.3, 0.4) is 0 Å². The Kier molecular flexibility index (Phi) is 9.96. The van der Waals surface area contributed by atoms with Gasteiger partial charge in [0.1, 0.15) is 18.1 Å². The van der Waals surface area contributed by atoms with Gasteiger partial charge in [0.2, 0.25) is 23.6 Å². The van der Waals surface area contributed by atoms with Gasteiger partial charge >= 0.3 is 5.97 Å². The Bertz CT molecular complexity index is 1900. The number of carbonyl (C=O) groups excluding carboxylic acids is 4. The van der Waals surface area contributed by atoms with Gasteiger partial charge in [0.25, 0.3) is 0 Å². The second-order valence-electron chi connectivity index (χ2n) is 11.2. The zero-order valence-electron chi connectivity index (χ0n) is 25.2. The first kappa shape index (κ1) is 32.4. The van der Waals surface area contributed by atoms with Crippen molar-refractivity contribution in [3.05, 3.63) is 90.3 Å². The van der Waals surface area contributed by atoms with E-state index in [-0.39, 0.29) is 19.3 Å². The van der Waals surface area contributed by atoms with Crippen LogP contribution in [-0.4, -0.2) is 78.8 Å². The second-order valence-corrected chi connectivity index (χ2v) is 11.2. The van der Waals surface area contributed by atoms with Crippen LogP contribution < -0.4 is 27.4 Å². The molecule has 15 heteroatoms. The molecule has 4 amide bonds. The van der Waals surface area contributed by atoms with Crippen molar-refractivity contribution in [1.82, 2.24) is 35.9 Å². The third-order valence-electron chi connectivity index (χ3n) is 7.82. The highest BCUT2D eigenvalue weighted by atomic mass is 16.4. The summed E-state index contributed by atoms with van der Waals surface area (Å²) >= 11 is 0. The molecular formula is C32H35N9O6.